The number of carbonyl (C=O) groups excluding carboxylic acids is 4. The molecule has 0 saturated carbocycles. The SMILES string of the molecule is C=CCCC(=O)N[C@@H](COC)[C@@H](OC(=O)[C@@H]1[C@H]2O[C@@]3(CC2Br)[C@H](C(=O)N(CC=C)Cn2nnc4ccccc42)N(CCO)C(=O)[C@@H]13)c1ccccc1. The highest BCUT2D eigenvalue weighted by Gasteiger charge is 2.77. The van der Waals surface area contributed by atoms with Gasteiger partial charge in [0.2, 0.25) is 17.7 Å². The molecule has 8 atom stereocenters. The fourth-order valence-corrected chi connectivity index (χ4v) is 8.82. The van der Waals surface area contributed by atoms with Gasteiger partial charge >= 0.3 is 5.97 Å². The molecule has 4 heterocycles. The topological polar surface area (TPSA) is 165 Å². The Kier molecular flexibility index (Phi) is 11.5. The molecule has 2 bridgehead atoms. The predicted molar refractivity (Wildman–Crippen MR) is 192 cm³/mol. The summed E-state index contributed by atoms with van der Waals surface area (Å²) in [6.45, 7) is 7.13. The number of allylic oxidation sites excluding steroid dienone is 1. The van der Waals surface area contributed by atoms with Gasteiger partial charge in [-0.1, -0.05) is 75.8 Å². The molecule has 2 aromatic carbocycles. The first kappa shape index (κ1) is 37.3. The van der Waals surface area contributed by atoms with Gasteiger partial charge in [-0.15, -0.1) is 18.3 Å². The molecule has 3 aliphatic rings. The maximum atomic E-state index is 14.7. The first-order valence-corrected chi connectivity index (χ1v) is 18.2. The van der Waals surface area contributed by atoms with Crippen molar-refractivity contribution in [2.75, 3.05) is 33.4 Å². The molecular formula is C37H43BrN6O8. The summed E-state index contributed by atoms with van der Waals surface area (Å²) in [5.41, 5.74) is 0.588. The quantitative estimate of drug-likeness (QED) is 0.118. The van der Waals surface area contributed by atoms with E-state index in [0.29, 0.717) is 23.0 Å². The zero-order valence-electron chi connectivity index (χ0n) is 28.9. The van der Waals surface area contributed by atoms with Gasteiger partial charge in [-0.2, -0.15) is 0 Å². The number of aromatic nitrogens is 3. The van der Waals surface area contributed by atoms with Gasteiger partial charge in [-0.3, -0.25) is 19.2 Å². The summed E-state index contributed by atoms with van der Waals surface area (Å²) in [7, 11) is 1.49. The lowest BCUT2D eigenvalue weighted by Crippen LogP contribution is -2.57. The van der Waals surface area contributed by atoms with Crippen molar-refractivity contribution in [1.82, 2.24) is 30.1 Å². The van der Waals surface area contributed by atoms with Gasteiger partial charge in [-0.25, -0.2) is 4.68 Å². The van der Waals surface area contributed by atoms with E-state index in [2.05, 4.69) is 44.7 Å². The van der Waals surface area contributed by atoms with Crippen LogP contribution in [0.1, 0.15) is 30.9 Å². The second-order valence-corrected chi connectivity index (χ2v) is 14.4. The average molecular weight is 780 g/mol. The van der Waals surface area contributed by atoms with Gasteiger partial charge in [0.15, 0.2) is 0 Å². The van der Waals surface area contributed by atoms with Crippen molar-refractivity contribution in [1.29, 1.82) is 0 Å². The number of halogens is 1. The van der Waals surface area contributed by atoms with E-state index in [4.69, 9.17) is 14.2 Å². The van der Waals surface area contributed by atoms with E-state index in [1.54, 1.807) is 41.1 Å². The van der Waals surface area contributed by atoms with Gasteiger partial charge in [0.05, 0.1) is 42.7 Å². The Hall–Kier alpha value is -4.44. The molecule has 3 amide bonds. The van der Waals surface area contributed by atoms with Crippen LogP contribution in [0.2, 0.25) is 0 Å². The number of nitrogens with zero attached hydrogens (tertiary/aromatic N) is 5. The standard InChI is InChI=1S/C37H43BrN6O8/c1-4-6-16-28(46)39-26(21-50-3)31(23-12-8-7-9-13-23)51-36(49)29-30-34(47)43(18-19-45)33(37(30)20-24(38)32(29)52-37)35(48)42(17-5-2)22-44-27-15-11-10-14-25(27)40-41-44/h4-5,7-15,24,26,29-33,45H,1-2,6,16-22H2,3H3,(H,39,46)/t24?,26-,29-,30+,31-,32-,33-,37+/m0/s1. The van der Waals surface area contributed by atoms with Crippen molar-refractivity contribution in [2.24, 2.45) is 11.8 Å². The Labute approximate surface area is 309 Å². The van der Waals surface area contributed by atoms with E-state index in [0.717, 1.165) is 0 Å². The number of hydrogen-bond acceptors (Lipinski definition) is 10. The van der Waals surface area contributed by atoms with Crippen LogP contribution in [0.3, 0.4) is 0 Å². The molecule has 2 N–H and O–H groups in total. The van der Waals surface area contributed by atoms with Crippen LogP contribution >= 0.6 is 15.9 Å². The Bertz CT molecular complexity index is 1810. The van der Waals surface area contributed by atoms with Crippen molar-refractivity contribution >= 4 is 50.7 Å². The molecule has 6 rings (SSSR count). The Balaban J connectivity index is 1.32. The number of methoxy groups -OCH3 is 1. The molecule has 0 aliphatic carbocycles. The van der Waals surface area contributed by atoms with Crippen molar-refractivity contribution in [3.63, 3.8) is 0 Å². The lowest BCUT2D eigenvalue weighted by Gasteiger charge is -2.37. The summed E-state index contributed by atoms with van der Waals surface area (Å²) < 4.78 is 20.0. The molecule has 1 unspecified atom stereocenters. The number of β-amino-alcohol motifs (C(OH)–C–C–N with tert-alkyl or cyclic N) is 1. The average Bonchev–Trinajstić information content (AvgIpc) is 3.87. The zero-order valence-corrected chi connectivity index (χ0v) is 30.5. The third-order valence-corrected chi connectivity index (χ3v) is 10.9. The van der Waals surface area contributed by atoms with Crippen LogP contribution in [0.15, 0.2) is 79.9 Å². The molecule has 1 spiro atoms. The number of hydrogen-bond donors (Lipinski definition) is 2. The Morgan fingerprint density at radius 3 is 2.63 bits per heavy atom. The fraction of sp³-hybridized carbons (Fsp3) is 0.459. The van der Waals surface area contributed by atoms with Gasteiger partial charge in [-0.05, 0) is 30.5 Å². The predicted octanol–water partition coefficient (Wildman–Crippen LogP) is 2.53. The van der Waals surface area contributed by atoms with Crippen molar-refractivity contribution in [2.45, 2.75) is 60.7 Å². The molecule has 14 nitrogen and oxygen atoms in total. The molecule has 0 radical (unpaired) electrons. The number of likely N-dealkylation sites (tertiary alicyclic amines) is 1. The summed E-state index contributed by atoms with van der Waals surface area (Å²) in [6.07, 6.45) is 2.37. The molecule has 3 fully saturated rings. The molecule has 15 heteroatoms. The van der Waals surface area contributed by atoms with Crippen LogP contribution < -0.4 is 5.32 Å². The van der Waals surface area contributed by atoms with E-state index in [-0.39, 0.29) is 45.1 Å². The Morgan fingerprint density at radius 2 is 1.92 bits per heavy atom. The minimum absolute atomic E-state index is 0.00850. The van der Waals surface area contributed by atoms with Gasteiger partial charge in [0, 0.05) is 31.4 Å². The van der Waals surface area contributed by atoms with Gasteiger partial charge < -0.3 is 34.4 Å². The second kappa shape index (κ2) is 16.1. The number of benzene rings is 2. The van der Waals surface area contributed by atoms with E-state index in [1.165, 1.54) is 16.9 Å². The number of esters is 1. The van der Waals surface area contributed by atoms with Crippen LogP contribution in [0, 0.1) is 11.8 Å². The number of alkyl halides is 1. The monoisotopic (exact) mass is 778 g/mol. The zero-order chi connectivity index (χ0) is 37.0. The number of fused-ring (bicyclic) bond motifs is 2. The lowest BCUT2D eigenvalue weighted by atomic mass is 9.70. The molecular weight excluding hydrogens is 736 g/mol. The van der Waals surface area contributed by atoms with Crippen LogP contribution in [-0.4, -0.2) is 116 Å². The molecule has 3 saturated heterocycles. The van der Waals surface area contributed by atoms with Gasteiger partial charge in [0.25, 0.3) is 0 Å². The van der Waals surface area contributed by atoms with Crippen LogP contribution in [0.25, 0.3) is 11.0 Å². The normalized spacial score (nSPS) is 25.8. The van der Waals surface area contributed by atoms with Crippen molar-refractivity contribution in [3.05, 3.63) is 85.5 Å². The smallest absolute Gasteiger partial charge is 0.313 e. The highest BCUT2D eigenvalue weighted by Crippen LogP contribution is 2.60. The largest absolute Gasteiger partial charge is 0.455 e. The van der Waals surface area contributed by atoms with Crippen LogP contribution in [0.5, 0.6) is 0 Å². The number of rotatable bonds is 17. The van der Waals surface area contributed by atoms with E-state index >= 15 is 0 Å². The maximum absolute atomic E-state index is 14.7. The number of aliphatic hydroxyl groups is 1. The second-order valence-electron chi connectivity index (χ2n) is 13.2. The number of carbonyl (C=O) groups is 4. The fourth-order valence-electron chi connectivity index (χ4n) is 7.88. The summed E-state index contributed by atoms with van der Waals surface area (Å²) >= 11 is 3.70. The van der Waals surface area contributed by atoms with Crippen LogP contribution in [-0.2, 0) is 40.1 Å². The van der Waals surface area contributed by atoms with Crippen molar-refractivity contribution in [3.8, 4) is 0 Å². The number of aliphatic hydroxyl groups excluding tert-OH is 1. The summed E-state index contributed by atoms with van der Waals surface area (Å²) in [5.74, 6) is -4.07. The number of amides is 3. The molecule has 3 aliphatic heterocycles. The number of para-hydroxylation sites is 1. The molecule has 3 aromatic rings. The highest BCUT2D eigenvalue weighted by atomic mass is 79.9. The van der Waals surface area contributed by atoms with E-state index in [9.17, 15) is 24.3 Å². The summed E-state index contributed by atoms with van der Waals surface area (Å²) in [5, 5.41) is 21.5. The van der Waals surface area contributed by atoms with Crippen LogP contribution in [0.4, 0.5) is 0 Å². The number of ether oxygens (including phenoxy) is 3. The third-order valence-electron chi connectivity index (χ3n) is 10.0. The molecule has 52 heavy (non-hydrogen) atoms. The van der Waals surface area contributed by atoms with Crippen molar-refractivity contribution < 1.29 is 38.5 Å². The highest BCUT2D eigenvalue weighted by molar-refractivity contribution is 9.09. The van der Waals surface area contributed by atoms with E-state index < -0.39 is 70.9 Å². The van der Waals surface area contributed by atoms with E-state index in [1.807, 2.05) is 30.3 Å². The van der Waals surface area contributed by atoms with Gasteiger partial charge in [0.1, 0.15) is 29.9 Å². The summed E-state index contributed by atoms with van der Waals surface area (Å²) in [6, 6.07) is 14.4. The molecule has 276 valence electrons. The first-order valence-electron chi connectivity index (χ1n) is 17.2. The minimum Gasteiger partial charge on any atom is -0.455 e. The summed E-state index contributed by atoms with van der Waals surface area (Å²) in [4.78, 5) is 58.9. The Morgan fingerprint density at radius 1 is 1.17 bits per heavy atom. The number of nitrogens with one attached hydrogen (secondary N) is 1. The maximum Gasteiger partial charge on any atom is 0.313 e. The minimum atomic E-state index is -1.40. The molecule has 1 aromatic heterocycles. The first-order chi connectivity index (χ1) is 25.2. The lowest BCUT2D eigenvalue weighted by molar-refractivity contribution is -0.163. The third kappa shape index (κ3) is 6.89.